The normalized spacial score (nSPS) is 12.4. The number of aromatic nitrogens is 4. The second-order valence-corrected chi connectivity index (χ2v) is 5.61. The van der Waals surface area contributed by atoms with Gasteiger partial charge in [0.2, 0.25) is 5.95 Å². The number of hydrogen-bond donors (Lipinski definition) is 1. The Morgan fingerprint density at radius 2 is 1.78 bits per heavy atom. The third-order valence-corrected chi connectivity index (χ3v) is 3.67. The van der Waals surface area contributed by atoms with Crippen LogP contribution in [0.5, 0.6) is 0 Å². The van der Waals surface area contributed by atoms with Crippen molar-refractivity contribution in [2.75, 3.05) is 5.32 Å². The minimum absolute atomic E-state index is 0.0675. The Labute approximate surface area is 151 Å². The van der Waals surface area contributed by atoms with E-state index in [9.17, 15) is 17.6 Å². The lowest BCUT2D eigenvalue weighted by Crippen LogP contribution is -2.18. The summed E-state index contributed by atoms with van der Waals surface area (Å²) in [6.07, 6.45) is 0.0465. The number of benzene rings is 1. The summed E-state index contributed by atoms with van der Waals surface area (Å²) in [4.78, 5) is 11.4. The number of halogens is 4. The van der Waals surface area contributed by atoms with Crippen LogP contribution in [0.4, 0.5) is 23.5 Å². The van der Waals surface area contributed by atoms with Gasteiger partial charge in [0.15, 0.2) is 5.69 Å². The summed E-state index contributed by atoms with van der Waals surface area (Å²) in [7, 11) is 0. The fourth-order valence-corrected chi connectivity index (χ4v) is 2.36. The van der Waals surface area contributed by atoms with Crippen molar-refractivity contribution < 1.29 is 17.6 Å². The van der Waals surface area contributed by atoms with E-state index in [1.54, 1.807) is 0 Å². The molecule has 0 spiro atoms. The highest BCUT2D eigenvalue weighted by Gasteiger charge is 2.33. The lowest BCUT2D eigenvalue weighted by Gasteiger charge is -2.19. The molecule has 2 heterocycles. The molecule has 27 heavy (non-hydrogen) atoms. The highest BCUT2D eigenvalue weighted by atomic mass is 19.4. The van der Waals surface area contributed by atoms with Gasteiger partial charge >= 0.3 is 6.18 Å². The van der Waals surface area contributed by atoms with Gasteiger partial charge in [-0.25, -0.2) is 19.3 Å². The number of hydrogen-bond acceptors (Lipinski definition) is 5. The maximum atomic E-state index is 13.2. The third kappa shape index (κ3) is 4.58. The maximum Gasteiger partial charge on any atom is 0.434 e. The summed E-state index contributed by atoms with van der Waals surface area (Å²) in [6, 6.07) is 6.85. The molecule has 0 bridgehead atoms. The summed E-state index contributed by atoms with van der Waals surface area (Å²) in [5.74, 6) is -0.256. The van der Waals surface area contributed by atoms with Gasteiger partial charge in [0.1, 0.15) is 11.9 Å². The Hall–Kier alpha value is -3.48. The lowest BCUT2D eigenvalue weighted by atomic mass is 10.1. The van der Waals surface area contributed by atoms with Gasteiger partial charge in [-0.3, -0.25) is 0 Å². The van der Waals surface area contributed by atoms with Gasteiger partial charge in [-0.1, -0.05) is 12.1 Å². The molecule has 1 unspecified atom stereocenters. The van der Waals surface area contributed by atoms with Crippen molar-refractivity contribution in [1.82, 2.24) is 19.5 Å². The third-order valence-electron chi connectivity index (χ3n) is 3.67. The molecule has 0 amide bonds. The average Bonchev–Trinajstić information content (AvgIpc) is 3.11. The summed E-state index contributed by atoms with van der Waals surface area (Å²) in [6.45, 7) is 0.0675. The van der Waals surface area contributed by atoms with Crippen LogP contribution in [-0.2, 0) is 12.7 Å². The van der Waals surface area contributed by atoms with Crippen LogP contribution in [0.3, 0.4) is 0 Å². The van der Waals surface area contributed by atoms with Crippen LogP contribution in [0, 0.1) is 17.1 Å². The molecule has 138 valence electrons. The first kappa shape index (κ1) is 18.3. The van der Waals surface area contributed by atoms with Crippen LogP contribution in [0.25, 0.3) is 0 Å². The average molecular weight is 376 g/mol. The van der Waals surface area contributed by atoms with E-state index in [1.807, 2.05) is 6.07 Å². The molecule has 0 aliphatic carbocycles. The molecule has 10 heteroatoms. The molecule has 3 rings (SSSR count). The highest BCUT2D eigenvalue weighted by molar-refractivity contribution is 5.34. The molecule has 3 aromatic rings. The first-order chi connectivity index (χ1) is 12.8. The molecule has 1 N–H and O–H groups in total. The lowest BCUT2D eigenvalue weighted by molar-refractivity contribution is -0.140. The van der Waals surface area contributed by atoms with Crippen molar-refractivity contribution in [3.8, 4) is 6.07 Å². The molecule has 1 atom stereocenters. The highest BCUT2D eigenvalue weighted by Crippen LogP contribution is 2.28. The number of nitrogens with zero attached hydrogens (tertiary/aromatic N) is 5. The number of rotatable bonds is 5. The minimum Gasteiger partial charge on any atom is -0.346 e. The second kappa shape index (κ2) is 7.41. The second-order valence-electron chi connectivity index (χ2n) is 5.61. The van der Waals surface area contributed by atoms with Gasteiger partial charge < -0.3 is 9.88 Å². The molecular formula is C17H12F4N6. The molecule has 0 aliphatic rings. The fourth-order valence-electron chi connectivity index (χ4n) is 2.36. The SMILES string of the molecule is N#Cc1cnc(NC(Cn2cnc(C(F)(F)F)c2)c2ccc(F)cc2)nc1. The number of alkyl halides is 3. The monoisotopic (exact) mass is 376 g/mol. The minimum atomic E-state index is -4.54. The zero-order valence-corrected chi connectivity index (χ0v) is 13.7. The van der Waals surface area contributed by atoms with Crippen LogP contribution in [0.2, 0.25) is 0 Å². The smallest absolute Gasteiger partial charge is 0.346 e. The molecular weight excluding hydrogens is 364 g/mol. The van der Waals surface area contributed by atoms with Gasteiger partial charge in [0, 0.05) is 12.7 Å². The number of nitriles is 1. The predicted molar refractivity (Wildman–Crippen MR) is 86.7 cm³/mol. The van der Waals surface area contributed by atoms with Crippen LogP contribution in [0.1, 0.15) is 22.9 Å². The number of anilines is 1. The first-order valence-electron chi connectivity index (χ1n) is 7.68. The molecule has 0 saturated carbocycles. The van der Waals surface area contributed by atoms with Gasteiger partial charge in [-0.15, -0.1) is 0 Å². The van der Waals surface area contributed by atoms with E-state index in [1.165, 1.54) is 41.2 Å². The molecule has 1 aromatic carbocycles. The van der Waals surface area contributed by atoms with Gasteiger partial charge in [0.05, 0.1) is 30.3 Å². The van der Waals surface area contributed by atoms with E-state index < -0.39 is 23.7 Å². The summed E-state index contributed by atoms with van der Waals surface area (Å²) in [5.41, 5.74) is -0.120. The van der Waals surface area contributed by atoms with Crippen molar-refractivity contribution >= 4 is 5.95 Å². The van der Waals surface area contributed by atoms with E-state index in [0.29, 0.717) is 5.56 Å². The molecule has 0 aliphatic heterocycles. The van der Waals surface area contributed by atoms with E-state index in [4.69, 9.17) is 5.26 Å². The van der Waals surface area contributed by atoms with Crippen molar-refractivity contribution in [2.24, 2.45) is 0 Å². The van der Waals surface area contributed by atoms with Gasteiger partial charge in [-0.05, 0) is 17.7 Å². The van der Waals surface area contributed by atoms with Gasteiger partial charge in [-0.2, -0.15) is 18.4 Å². The molecule has 0 radical (unpaired) electrons. The fraction of sp³-hybridized carbons (Fsp3) is 0.176. The van der Waals surface area contributed by atoms with Crippen molar-refractivity contribution in [1.29, 1.82) is 5.26 Å². The Morgan fingerprint density at radius 3 is 2.33 bits per heavy atom. The quantitative estimate of drug-likeness (QED) is 0.689. The zero-order chi connectivity index (χ0) is 19.4. The van der Waals surface area contributed by atoms with Crippen LogP contribution in [-0.4, -0.2) is 19.5 Å². The Bertz CT molecular complexity index is 941. The molecule has 0 fully saturated rings. The summed E-state index contributed by atoms with van der Waals surface area (Å²) in [5, 5.41) is 11.8. The molecule has 2 aromatic heterocycles. The summed E-state index contributed by atoms with van der Waals surface area (Å²) >= 11 is 0. The van der Waals surface area contributed by atoms with Gasteiger partial charge in [0.25, 0.3) is 0 Å². The first-order valence-corrected chi connectivity index (χ1v) is 7.68. The molecule has 0 saturated heterocycles. The Balaban J connectivity index is 1.86. The van der Waals surface area contributed by atoms with E-state index in [2.05, 4.69) is 20.3 Å². The van der Waals surface area contributed by atoms with Crippen molar-refractivity contribution in [3.63, 3.8) is 0 Å². The zero-order valence-electron chi connectivity index (χ0n) is 13.7. The largest absolute Gasteiger partial charge is 0.434 e. The molecule has 6 nitrogen and oxygen atoms in total. The number of nitrogens with one attached hydrogen (secondary N) is 1. The standard InChI is InChI=1S/C17H12F4N6/c18-13-3-1-12(2-4-13)14(26-16-23-6-11(5-22)7-24-16)8-27-9-15(25-10-27)17(19,20)21/h1-4,6-7,9-10,14H,8H2,(H,23,24,26). The Morgan fingerprint density at radius 1 is 1.11 bits per heavy atom. The topological polar surface area (TPSA) is 79.4 Å². The van der Waals surface area contributed by atoms with Crippen LogP contribution in [0.15, 0.2) is 49.2 Å². The Kier molecular flexibility index (Phi) is 5.03. The maximum absolute atomic E-state index is 13.2. The summed E-state index contributed by atoms with van der Waals surface area (Å²) < 4.78 is 52.7. The van der Waals surface area contributed by atoms with E-state index in [-0.39, 0.29) is 18.1 Å². The van der Waals surface area contributed by atoms with Crippen molar-refractivity contribution in [2.45, 2.75) is 18.8 Å². The number of imidazole rings is 1. The van der Waals surface area contributed by atoms with Crippen LogP contribution >= 0.6 is 0 Å². The van der Waals surface area contributed by atoms with Crippen molar-refractivity contribution in [3.05, 3.63) is 71.8 Å². The van der Waals surface area contributed by atoms with Crippen LogP contribution < -0.4 is 5.32 Å². The van der Waals surface area contributed by atoms with E-state index in [0.717, 1.165) is 12.5 Å². The van der Waals surface area contributed by atoms with E-state index >= 15 is 0 Å². The predicted octanol–water partition coefficient (Wildman–Crippen LogP) is 3.56.